The molecule has 2 fully saturated rings. The number of likely N-dealkylation sites (tertiary alicyclic amines) is 1. The number of aliphatic carboxylic acids is 1. The maximum Gasteiger partial charge on any atom is 0.329 e. The van der Waals surface area contributed by atoms with Gasteiger partial charge in [-0.3, -0.25) is 9.59 Å². The SMILES string of the molecule is O=C(O)C1CCCN1C(=O)CCC1NC(=O)N(c2ccc(Cl)cc2)C1=O. The van der Waals surface area contributed by atoms with Crippen LogP contribution >= 0.6 is 11.6 Å². The van der Waals surface area contributed by atoms with E-state index in [1.165, 1.54) is 4.90 Å². The third kappa shape index (κ3) is 3.50. The normalized spacial score (nSPS) is 22.7. The van der Waals surface area contributed by atoms with Gasteiger partial charge in [0.15, 0.2) is 0 Å². The maximum absolute atomic E-state index is 12.5. The molecule has 0 aromatic heterocycles. The Morgan fingerprint density at radius 3 is 2.58 bits per heavy atom. The van der Waals surface area contributed by atoms with Gasteiger partial charge in [0.25, 0.3) is 5.91 Å². The third-order valence-electron chi connectivity index (χ3n) is 4.61. The first-order chi connectivity index (χ1) is 12.4. The molecule has 1 aromatic rings. The molecule has 2 aliphatic heterocycles. The van der Waals surface area contributed by atoms with E-state index in [1.54, 1.807) is 24.3 Å². The molecule has 0 aliphatic carbocycles. The standard InChI is InChI=1S/C17H18ClN3O5/c18-10-3-5-11(6-4-10)21-15(23)12(19-17(21)26)7-8-14(22)20-9-1-2-13(20)16(24)25/h3-6,12-13H,1-2,7-9H2,(H,19,26)(H,24,25). The smallest absolute Gasteiger partial charge is 0.329 e. The van der Waals surface area contributed by atoms with Gasteiger partial charge in [-0.1, -0.05) is 11.6 Å². The highest BCUT2D eigenvalue weighted by Crippen LogP contribution is 2.24. The van der Waals surface area contributed by atoms with Crippen LogP contribution in [0, 0.1) is 0 Å². The number of nitrogens with zero attached hydrogens (tertiary/aromatic N) is 2. The quantitative estimate of drug-likeness (QED) is 0.756. The number of carboxylic acids is 1. The molecule has 3 rings (SSSR count). The number of carboxylic acid groups (broad SMARTS) is 1. The average molecular weight is 380 g/mol. The van der Waals surface area contributed by atoms with Crippen molar-refractivity contribution in [3.8, 4) is 0 Å². The van der Waals surface area contributed by atoms with Gasteiger partial charge in [-0.15, -0.1) is 0 Å². The molecule has 2 unspecified atom stereocenters. The van der Waals surface area contributed by atoms with Crippen LogP contribution in [0.4, 0.5) is 10.5 Å². The van der Waals surface area contributed by atoms with Crippen LogP contribution in [0.1, 0.15) is 25.7 Å². The Morgan fingerprint density at radius 1 is 1.23 bits per heavy atom. The van der Waals surface area contributed by atoms with Gasteiger partial charge in [-0.05, 0) is 43.5 Å². The van der Waals surface area contributed by atoms with Crippen molar-refractivity contribution in [1.29, 1.82) is 0 Å². The molecule has 26 heavy (non-hydrogen) atoms. The van der Waals surface area contributed by atoms with Gasteiger partial charge >= 0.3 is 12.0 Å². The second-order valence-corrected chi connectivity index (χ2v) is 6.71. The molecular formula is C17H18ClN3O5. The number of amides is 4. The van der Waals surface area contributed by atoms with Crippen molar-refractivity contribution in [3.63, 3.8) is 0 Å². The summed E-state index contributed by atoms with van der Waals surface area (Å²) >= 11 is 5.81. The second-order valence-electron chi connectivity index (χ2n) is 6.27. The highest BCUT2D eigenvalue weighted by Gasteiger charge is 2.40. The Balaban J connectivity index is 1.61. The summed E-state index contributed by atoms with van der Waals surface area (Å²) in [7, 11) is 0. The first kappa shape index (κ1) is 18.2. The highest BCUT2D eigenvalue weighted by molar-refractivity contribution is 6.30. The number of halogens is 1. The minimum absolute atomic E-state index is 0.00504. The number of urea groups is 1. The molecule has 8 nitrogen and oxygen atoms in total. The minimum atomic E-state index is -1.02. The summed E-state index contributed by atoms with van der Waals surface area (Å²) in [5, 5.41) is 12.2. The Hall–Kier alpha value is -2.61. The monoisotopic (exact) mass is 379 g/mol. The second kappa shape index (κ2) is 7.33. The largest absolute Gasteiger partial charge is 0.480 e. The van der Waals surface area contributed by atoms with Gasteiger partial charge in [0.2, 0.25) is 5.91 Å². The summed E-state index contributed by atoms with van der Waals surface area (Å²) < 4.78 is 0. The number of hydrogen-bond acceptors (Lipinski definition) is 4. The van der Waals surface area contributed by atoms with E-state index in [0.717, 1.165) is 4.90 Å². The van der Waals surface area contributed by atoms with E-state index in [4.69, 9.17) is 16.7 Å². The zero-order valence-corrected chi connectivity index (χ0v) is 14.6. The van der Waals surface area contributed by atoms with Crippen molar-refractivity contribution < 1.29 is 24.3 Å². The highest BCUT2D eigenvalue weighted by atomic mass is 35.5. The van der Waals surface area contributed by atoms with Crippen LogP contribution in [0.25, 0.3) is 0 Å². The molecule has 0 radical (unpaired) electrons. The Kier molecular flexibility index (Phi) is 5.13. The van der Waals surface area contributed by atoms with Crippen LogP contribution in [0.3, 0.4) is 0 Å². The lowest BCUT2D eigenvalue weighted by Crippen LogP contribution is -2.41. The topological polar surface area (TPSA) is 107 Å². The average Bonchev–Trinajstić information content (AvgIpc) is 3.19. The van der Waals surface area contributed by atoms with Crippen molar-refractivity contribution in [2.45, 2.75) is 37.8 Å². The van der Waals surface area contributed by atoms with E-state index in [0.29, 0.717) is 30.1 Å². The van der Waals surface area contributed by atoms with E-state index >= 15 is 0 Å². The molecule has 0 bridgehead atoms. The molecule has 2 aliphatic rings. The van der Waals surface area contributed by atoms with E-state index in [1.807, 2.05) is 0 Å². The number of rotatable bonds is 5. The summed E-state index contributed by atoms with van der Waals surface area (Å²) in [4.78, 5) is 50.4. The van der Waals surface area contributed by atoms with Crippen LogP contribution < -0.4 is 10.2 Å². The predicted molar refractivity (Wildman–Crippen MR) is 92.9 cm³/mol. The molecule has 2 saturated heterocycles. The lowest BCUT2D eigenvalue weighted by Gasteiger charge is -2.21. The molecule has 9 heteroatoms. The number of anilines is 1. The summed E-state index contributed by atoms with van der Waals surface area (Å²) in [6, 6.07) is 4.11. The lowest BCUT2D eigenvalue weighted by atomic mass is 10.1. The van der Waals surface area contributed by atoms with Crippen molar-refractivity contribution in [3.05, 3.63) is 29.3 Å². The number of carbonyl (C=O) groups is 4. The molecule has 2 N–H and O–H groups in total. The van der Waals surface area contributed by atoms with Crippen molar-refractivity contribution in [1.82, 2.24) is 10.2 Å². The van der Waals surface area contributed by atoms with Crippen molar-refractivity contribution >= 4 is 41.1 Å². The van der Waals surface area contributed by atoms with Crippen molar-refractivity contribution in [2.75, 3.05) is 11.4 Å². The Labute approximate surface area is 154 Å². The summed E-state index contributed by atoms with van der Waals surface area (Å²) in [5.74, 6) is -1.78. The maximum atomic E-state index is 12.5. The van der Waals surface area contributed by atoms with Gasteiger partial charge in [0.05, 0.1) is 5.69 Å². The fraction of sp³-hybridized carbons (Fsp3) is 0.412. The molecule has 2 heterocycles. The summed E-state index contributed by atoms with van der Waals surface area (Å²) in [6.45, 7) is 0.400. The van der Waals surface area contributed by atoms with Crippen LogP contribution in [0.15, 0.2) is 24.3 Å². The number of benzene rings is 1. The molecular weight excluding hydrogens is 362 g/mol. The number of carbonyl (C=O) groups excluding carboxylic acids is 3. The molecule has 1 aromatic carbocycles. The number of hydrogen-bond donors (Lipinski definition) is 2. The fourth-order valence-electron chi connectivity index (χ4n) is 3.29. The van der Waals surface area contributed by atoms with Gasteiger partial charge in [0, 0.05) is 18.0 Å². The number of imide groups is 1. The van der Waals surface area contributed by atoms with E-state index < -0.39 is 30.0 Å². The van der Waals surface area contributed by atoms with Crippen LogP contribution in [0.2, 0.25) is 5.02 Å². The van der Waals surface area contributed by atoms with Crippen LogP contribution in [-0.4, -0.2) is 52.4 Å². The first-order valence-electron chi connectivity index (χ1n) is 8.31. The van der Waals surface area contributed by atoms with Crippen LogP contribution in [0.5, 0.6) is 0 Å². The minimum Gasteiger partial charge on any atom is -0.480 e. The predicted octanol–water partition coefficient (Wildman–Crippen LogP) is 1.62. The van der Waals surface area contributed by atoms with E-state index in [9.17, 15) is 19.2 Å². The third-order valence-corrected chi connectivity index (χ3v) is 4.86. The van der Waals surface area contributed by atoms with E-state index in [2.05, 4.69) is 5.32 Å². The zero-order chi connectivity index (χ0) is 18.8. The zero-order valence-electron chi connectivity index (χ0n) is 13.9. The van der Waals surface area contributed by atoms with Gasteiger partial charge in [-0.2, -0.15) is 0 Å². The van der Waals surface area contributed by atoms with Crippen LogP contribution in [-0.2, 0) is 14.4 Å². The molecule has 2 atom stereocenters. The molecule has 0 spiro atoms. The molecule has 4 amide bonds. The number of nitrogens with one attached hydrogen (secondary N) is 1. The van der Waals surface area contributed by atoms with Crippen molar-refractivity contribution in [2.24, 2.45) is 0 Å². The Morgan fingerprint density at radius 2 is 1.92 bits per heavy atom. The lowest BCUT2D eigenvalue weighted by molar-refractivity contribution is -0.148. The molecule has 0 saturated carbocycles. The summed E-state index contributed by atoms with van der Waals surface area (Å²) in [6.07, 6.45) is 1.20. The van der Waals surface area contributed by atoms with E-state index in [-0.39, 0.29) is 18.7 Å². The van der Waals surface area contributed by atoms with Gasteiger partial charge in [0.1, 0.15) is 12.1 Å². The fourth-order valence-corrected chi connectivity index (χ4v) is 3.42. The summed E-state index contributed by atoms with van der Waals surface area (Å²) in [5.41, 5.74) is 0.399. The molecule has 138 valence electrons. The van der Waals surface area contributed by atoms with Gasteiger partial charge in [-0.25, -0.2) is 14.5 Å². The first-order valence-corrected chi connectivity index (χ1v) is 8.68. The van der Waals surface area contributed by atoms with Gasteiger partial charge < -0.3 is 15.3 Å². The Bertz CT molecular complexity index is 751.